The molecule has 0 N–H and O–H groups in total. The van der Waals surface area contributed by atoms with Crippen LogP contribution >= 0.6 is 0 Å². The largest absolute Gasteiger partial charge is 0.380 e. The van der Waals surface area contributed by atoms with Gasteiger partial charge >= 0.3 is 0 Å². The van der Waals surface area contributed by atoms with E-state index in [1.165, 1.54) is 25.7 Å². The standard InChI is InChI=1S/C23H35FO3/c1-3-4-5-6-17-14-26-23(27-15-17)19-9-7-18(8-10-19)20-11-12-21(16-25-2)22(24)13-20/h11-13,17-19,23H,3-10,14-16H2,1-2H3/t17-,18-,19-,23-. The second kappa shape index (κ2) is 10.5. The second-order valence-corrected chi connectivity index (χ2v) is 8.29. The smallest absolute Gasteiger partial charge is 0.160 e. The zero-order valence-electron chi connectivity index (χ0n) is 16.9. The molecule has 0 atom stereocenters. The monoisotopic (exact) mass is 378 g/mol. The highest BCUT2D eigenvalue weighted by Crippen LogP contribution is 2.39. The van der Waals surface area contributed by atoms with Gasteiger partial charge in [-0.05, 0) is 49.7 Å². The number of benzene rings is 1. The lowest BCUT2D eigenvalue weighted by Crippen LogP contribution is -2.38. The molecular formula is C23H35FO3. The van der Waals surface area contributed by atoms with Crippen molar-refractivity contribution in [2.75, 3.05) is 20.3 Å². The van der Waals surface area contributed by atoms with Crippen molar-refractivity contribution >= 4 is 0 Å². The van der Waals surface area contributed by atoms with Crippen LogP contribution in [0.5, 0.6) is 0 Å². The maximum atomic E-state index is 14.2. The molecule has 0 unspecified atom stereocenters. The van der Waals surface area contributed by atoms with Crippen LogP contribution in [0.2, 0.25) is 0 Å². The average Bonchev–Trinajstić information content (AvgIpc) is 2.71. The fourth-order valence-corrected chi connectivity index (χ4v) is 4.49. The molecule has 2 fully saturated rings. The molecule has 0 amide bonds. The molecular weight excluding hydrogens is 343 g/mol. The molecule has 0 aromatic heterocycles. The average molecular weight is 379 g/mol. The minimum Gasteiger partial charge on any atom is -0.380 e. The number of hydrogen-bond acceptors (Lipinski definition) is 3. The summed E-state index contributed by atoms with van der Waals surface area (Å²) in [4.78, 5) is 0. The third kappa shape index (κ3) is 5.75. The van der Waals surface area contributed by atoms with Gasteiger partial charge in [-0.1, -0.05) is 38.3 Å². The molecule has 27 heavy (non-hydrogen) atoms. The maximum Gasteiger partial charge on any atom is 0.160 e. The van der Waals surface area contributed by atoms with E-state index in [0.29, 0.717) is 29.9 Å². The highest BCUT2D eigenvalue weighted by molar-refractivity contribution is 5.27. The van der Waals surface area contributed by atoms with E-state index in [9.17, 15) is 4.39 Å². The summed E-state index contributed by atoms with van der Waals surface area (Å²) in [5.41, 5.74) is 1.75. The number of hydrogen-bond donors (Lipinski definition) is 0. The molecule has 0 spiro atoms. The van der Waals surface area contributed by atoms with Gasteiger partial charge in [-0.2, -0.15) is 0 Å². The van der Waals surface area contributed by atoms with E-state index < -0.39 is 0 Å². The minimum atomic E-state index is -0.149. The highest BCUT2D eigenvalue weighted by atomic mass is 19.1. The summed E-state index contributed by atoms with van der Waals surface area (Å²) in [6.45, 7) is 4.26. The molecule has 0 radical (unpaired) electrons. The summed E-state index contributed by atoms with van der Waals surface area (Å²) in [7, 11) is 1.59. The van der Waals surface area contributed by atoms with Crippen LogP contribution in [0.3, 0.4) is 0 Å². The molecule has 3 rings (SSSR count). The van der Waals surface area contributed by atoms with E-state index >= 15 is 0 Å². The van der Waals surface area contributed by atoms with Crippen LogP contribution in [0.4, 0.5) is 4.39 Å². The molecule has 1 aliphatic heterocycles. The number of methoxy groups -OCH3 is 1. The van der Waals surface area contributed by atoms with Crippen molar-refractivity contribution in [3.05, 3.63) is 35.1 Å². The lowest BCUT2D eigenvalue weighted by molar-refractivity contribution is -0.229. The second-order valence-electron chi connectivity index (χ2n) is 8.29. The van der Waals surface area contributed by atoms with Gasteiger partial charge in [-0.25, -0.2) is 4.39 Å². The number of halogens is 1. The third-order valence-corrected chi connectivity index (χ3v) is 6.21. The fourth-order valence-electron chi connectivity index (χ4n) is 4.49. The van der Waals surface area contributed by atoms with Crippen molar-refractivity contribution in [2.24, 2.45) is 11.8 Å². The van der Waals surface area contributed by atoms with Gasteiger partial charge < -0.3 is 14.2 Å². The molecule has 152 valence electrons. The van der Waals surface area contributed by atoms with Gasteiger partial charge in [0.05, 0.1) is 19.8 Å². The van der Waals surface area contributed by atoms with E-state index in [-0.39, 0.29) is 12.1 Å². The number of rotatable bonds is 8. The zero-order chi connectivity index (χ0) is 19.1. The first-order valence-electron chi connectivity index (χ1n) is 10.7. The molecule has 1 saturated carbocycles. The van der Waals surface area contributed by atoms with E-state index in [2.05, 4.69) is 13.0 Å². The Morgan fingerprint density at radius 1 is 1.07 bits per heavy atom. The minimum absolute atomic E-state index is 0.0332. The Kier molecular flexibility index (Phi) is 8.10. The summed E-state index contributed by atoms with van der Waals surface area (Å²) < 4.78 is 31.4. The van der Waals surface area contributed by atoms with Crippen LogP contribution in [0.15, 0.2) is 18.2 Å². The molecule has 4 heteroatoms. The van der Waals surface area contributed by atoms with E-state index in [4.69, 9.17) is 14.2 Å². The van der Waals surface area contributed by atoms with Crippen molar-refractivity contribution in [1.29, 1.82) is 0 Å². The first-order chi connectivity index (χ1) is 13.2. The van der Waals surface area contributed by atoms with E-state index in [0.717, 1.165) is 44.5 Å². The molecule has 1 aromatic rings. The van der Waals surface area contributed by atoms with Crippen LogP contribution in [0.1, 0.15) is 75.3 Å². The van der Waals surface area contributed by atoms with Crippen LogP contribution < -0.4 is 0 Å². The molecule has 0 bridgehead atoms. The van der Waals surface area contributed by atoms with Crippen molar-refractivity contribution in [2.45, 2.75) is 77.1 Å². The molecule has 1 aliphatic carbocycles. The van der Waals surface area contributed by atoms with Crippen molar-refractivity contribution < 1.29 is 18.6 Å². The summed E-state index contributed by atoms with van der Waals surface area (Å²) in [6, 6.07) is 5.64. The molecule has 3 nitrogen and oxygen atoms in total. The van der Waals surface area contributed by atoms with Gasteiger partial charge in [0.1, 0.15) is 5.82 Å². The number of unbranched alkanes of at least 4 members (excludes halogenated alkanes) is 2. The Labute approximate surface area is 163 Å². The topological polar surface area (TPSA) is 27.7 Å². The summed E-state index contributed by atoms with van der Waals surface area (Å²) in [5, 5.41) is 0. The third-order valence-electron chi connectivity index (χ3n) is 6.21. The maximum absolute atomic E-state index is 14.2. The summed E-state index contributed by atoms with van der Waals surface area (Å²) >= 11 is 0. The Morgan fingerprint density at radius 2 is 1.81 bits per heavy atom. The van der Waals surface area contributed by atoms with Crippen LogP contribution in [0.25, 0.3) is 0 Å². The summed E-state index contributed by atoms with van der Waals surface area (Å²) in [6.07, 6.45) is 9.38. The van der Waals surface area contributed by atoms with Crippen molar-refractivity contribution in [3.8, 4) is 0 Å². The summed E-state index contributed by atoms with van der Waals surface area (Å²) in [5.74, 6) is 1.34. The Hall–Kier alpha value is -0.970. The molecule has 1 heterocycles. The van der Waals surface area contributed by atoms with E-state index in [1.807, 2.05) is 6.07 Å². The van der Waals surface area contributed by atoms with Crippen LogP contribution in [-0.4, -0.2) is 26.6 Å². The van der Waals surface area contributed by atoms with Crippen molar-refractivity contribution in [3.63, 3.8) is 0 Å². The first-order valence-corrected chi connectivity index (χ1v) is 10.7. The fraction of sp³-hybridized carbons (Fsp3) is 0.739. The quantitative estimate of drug-likeness (QED) is 0.534. The van der Waals surface area contributed by atoms with Gasteiger partial charge in [0.25, 0.3) is 0 Å². The number of ether oxygens (including phenoxy) is 3. The molecule has 2 aliphatic rings. The van der Waals surface area contributed by atoms with Gasteiger partial charge in [-0.3, -0.25) is 0 Å². The molecule has 1 saturated heterocycles. The SMILES string of the molecule is CCCCC[C@H]1CO[C@H]([C@H]2CC[C@H](c3ccc(COC)c(F)c3)CC2)OC1. The van der Waals surface area contributed by atoms with E-state index in [1.54, 1.807) is 13.2 Å². The Morgan fingerprint density at radius 3 is 2.44 bits per heavy atom. The Balaban J connectivity index is 1.43. The zero-order valence-corrected chi connectivity index (χ0v) is 16.9. The van der Waals surface area contributed by atoms with Gasteiger partial charge in [0, 0.05) is 24.5 Å². The van der Waals surface area contributed by atoms with Crippen LogP contribution in [-0.2, 0) is 20.8 Å². The highest BCUT2D eigenvalue weighted by Gasteiger charge is 2.32. The van der Waals surface area contributed by atoms with Gasteiger partial charge in [0.2, 0.25) is 0 Å². The van der Waals surface area contributed by atoms with Gasteiger partial charge in [-0.15, -0.1) is 0 Å². The van der Waals surface area contributed by atoms with Crippen LogP contribution in [0, 0.1) is 17.7 Å². The Bertz CT molecular complexity index is 561. The molecule has 1 aromatic carbocycles. The lowest BCUT2D eigenvalue weighted by Gasteiger charge is -2.37. The predicted molar refractivity (Wildman–Crippen MR) is 105 cm³/mol. The normalized spacial score (nSPS) is 29.0. The lowest BCUT2D eigenvalue weighted by atomic mass is 9.78. The van der Waals surface area contributed by atoms with Gasteiger partial charge in [0.15, 0.2) is 6.29 Å². The predicted octanol–water partition coefficient (Wildman–Crippen LogP) is 5.82. The first kappa shape index (κ1) is 20.8. The van der Waals surface area contributed by atoms with Crippen molar-refractivity contribution in [1.82, 2.24) is 0 Å².